The summed E-state index contributed by atoms with van der Waals surface area (Å²) in [5, 5.41) is 2.40. The van der Waals surface area contributed by atoms with Crippen molar-refractivity contribution in [1.82, 2.24) is 0 Å². The van der Waals surface area contributed by atoms with Gasteiger partial charge in [0.05, 0.1) is 20.6 Å². The first-order chi connectivity index (χ1) is 12.5. The summed E-state index contributed by atoms with van der Waals surface area (Å²) in [7, 11) is 2.39. The second-order valence-corrected chi connectivity index (χ2v) is 5.17. The number of hydrogen-bond acceptors (Lipinski definition) is 7. The molecular formula is C18H17NO7. The molecule has 26 heavy (non-hydrogen) atoms. The van der Waals surface area contributed by atoms with Gasteiger partial charge in [-0.1, -0.05) is 18.2 Å². The molecule has 0 aliphatic carbocycles. The molecule has 0 atom stereocenters. The van der Waals surface area contributed by atoms with Crippen molar-refractivity contribution in [1.29, 1.82) is 0 Å². The molecule has 0 unspecified atom stereocenters. The zero-order chi connectivity index (χ0) is 19.1. The van der Waals surface area contributed by atoms with E-state index in [0.29, 0.717) is 5.56 Å². The van der Waals surface area contributed by atoms with Gasteiger partial charge in [-0.25, -0.2) is 9.59 Å². The number of nitrogens with one attached hydrogen (secondary N) is 1. The van der Waals surface area contributed by atoms with Crippen molar-refractivity contribution >= 4 is 23.5 Å². The van der Waals surface area contributed by atoms with E-state index in [4.69, 9.17) is 4.42 Å². The van der Waals surface area contributed by atoms with E-state index in [1.165, 1.54) is 20.3 Å². The molecular weight excluding hydrogens is 342 g/mol. The molecule has 1 aromatic carbocycles. The van der Waals surface area contributed by atoms with Crippen LogP contribution in [-0.4, -0.2) is 32.1 Å². The quantitative estimate of drug-likeness (QED) is 0.782. The maximum Gasteiger partial charge on any atom is 0.359 e. The van der Waals surface area contributed by atoms with E-state index in [0.717, 1.165) is 0 Å². The Morgan fingerprint density at radius 1 is 1.08 bits per heavy atom. The summed E-state index contributed by atoms with van der Waals surface area (Å²) in [6, 6.07) is 9.41. The van der Waals surface area contributed by atoms with Crippen molar-refractivity contribution in [3.8, 4) is 0 Å². The Balaban J connectivity index is 2.33. The first-order valence-electron chi connectivity index (χ1n) is 7.64. The highest BCUT2D eigenvalue weighted by molar-refractivity contribution is 6.04. The Morgan fingerprint density at radius 3 is 2.38 bits per heavy atom. The molecule has 1 aromatic heterocycles. The number of hydrogen-bond donors (Lipinski definition) is 1. The Bertz CT molecular complexity index is 871. The second-order valence-electron chi connectivity index (χ2n) is 5.17. The molecule has 8 nitrogen and oxygen atoms in total. The largest absolute Gasteiger partial charge is 0.469 e. The number of aryl methyl sites for hydroxylation is 1. The molecule has 8 heteroatoms. The molecule has 0 saturated heterocycles. The third-order valence-electron chi connectivity index (χ3n) is 3.50. The van der Waals surface area contributed by atoms with Crippen LogP contribution in [0.1, 0.15) is 32.9 Å². The predicted molar refractivity (Wildman–Crippen MR) is 91.0 cm³/mol. The Labute approximate surface area is 148 Å². The van der Waals surface area contributed by atoms with E-state index in [-0.39, 0.29) is 29.9 Å². The van der Waals surface area contributed by atoms with Crippen molar-refractivity contribution in [2.45, 2.75) is 12.8 Å². The van der Waals surface area contributed by atoms with Crippen LogP contribution in [-0.2, 0) is 20.7 Å². The van der Waals surface area contributed by atoms with Gasteiger partial charge in [-0.3, -0.25) is 9.59 Å². The molecule has 0 saturated carbocycles. The number of amides is 1. The molecule has 0 aliphatic rings. The molecule has 0 spiro atoms. The zero-order valence-electron chi connectivity index (χ0n) is 14.2. The van der Waals surface area contributed by atoms with Crippen LogP contribution < -0.4 is 10.9 Å². The van der Waals surface area contributed by atoms with E-state index in [2.05, 4.69) is 14.8 Å². The minimum Gasteiger partial charge on any atom is -0.469 e. The van der Waals surface area contributed by atoms with Gasteiger partial charge < -0.3 is 19.2 Å². The van der Waals surface area contributed by atoms with Crippen LogP contribution in [0.4, 0.5) is 5.69 Å². The second kappa shape index (κ2) is 8.61. The maximum atomic E-state index is 12.2. The lowest BCUT2D eigenvalue weighted by Crippen LogP contribution is -2.20. The standard InChI is InChI=1S/C18H17NO7/c1-24-15(20)9-8-14-12(17(22)25-2)10-13(18(23)26-14)19-16(21)11-6-4-3-5-7-11/h3-7,10H,8-9H2,1-2H3,(H,19,21). The van der Waals surface area contributed by atoms with Crippen molar-refractivity contribution in [2.75, 3.05) is 19.5 Å². The molecule has 1 N–H and O–H groups in total. The molecule has 0 aliphatic heterocycles. The number of rotatable bonds is 6. The first kappa shape index (κ1) is 18.9. The average Bonchev–Trinajstić information content (AvgIpc) is 2.67. The number of benzene rings is 1. The third kappa shape index (κ3) is 4.56. The highest BCUT2D eigenvalue weighted by Gasteiger charge is 2.20. The van der Waals surface area contributed by atoms with Gasteiger partial charge >= 0.3 is 17.6 Å². The summed E-state index contributed by atoms with van der Waals surface area (Å²) >= 11 is 0. The lowest BCUT2D eigenvalue weighted by molar-refractivity contribution is -0.140. The van der Waals surface area contributed by atoms with E-state index < -0.39 is 23.5 Å². The van der Waals surface area contributed by atoms with E-state index in [1.807, 2.05) is 0 Å². The number of carbonyl (C=O) groups excluding carboxylic acids is 3. The fourth-order valence-electron chi connectivity index (χ4n) is 2.16. The number of ether oxygens (including phenoxy) is 2. The Hall–Kier alpha value is -3.42. The highest BCUT2D eigenvalue weighted by Crippen LogP contribution is 2.16. The Morgan fingerprint density at radius 2 is 1.77 bits per heavy atom. The molecule has 1 heterocycles. The van der Waals surface area contributed by atoms with Crippen molar-refractivity contribution in [3.05, 3.63) is 63.7 Å². The topological polar surface area (TPSA) is 112 Å². The summed E-state index contributed by atoms with van der Waals surface area (Å²) in [5.41, 5.74) is -0.775. The summed E-state index contributed by atoms with van der Waals surface area (Å²) in [5.74, 6) is -1.84. The normalized spacial score (nSPS) is 10.1. The van der Waals surface area contributed by atoms with E-state index in [1.54, 1.807) is 30.3 Å². The van der Waals surface area contributed by atoms with E-state index in [9.17, 15) is 19.2 Å². The minimum atomic E-state index is -0.846. The van der Waals surface area contributed by atoms with Gasteiger partial charge in [-0.2, -0.15) is 0 Å². The molecule has 136 valence electrons. The van der Waals surface area contributed by atoms with Gasteiger partial charge in [-0.05, 0) is 18.2 Å². The van der Waals surface area contributed by atoms with Crippen LogP contribution in [0.3, 0.4) is 0 Å². The fourth-order valence-corrected chi connectivity index (χ4v) is 2.16. The van der Waals surface area contributed by atoms with Gasteiger partial charge in [-0.15, -0.1) is 0 Å². The monoisotopic (exact) mass is 359 g/mol. The van der Waals surface area contributed by atoms with Gasteiger partial charge in [0.25, 0.3) is 5.91 Å². The SMILES string of the molecule is COC(=O)CCc1oc(=O)c(NC(=O)c2ccccc2)cc1C(=O)OC. The van der Waals surface area contributed by atoms with Crippen molar-refractivity contribution < 1.29 is 28.3 Å². The third-order valence-corrected chi connectivity index (χ3v) is 3.50. The smallest absolute Gasteiger partial charge is 0.359 e. The maximum absolute atomic E-state index is 12.2. The average molecular weight is 359 g/mol. The zero-order valence-corrected chi connectivity index (χ0v) is 14.2. The number of methoxy groups -OCH3 is 2. The number of esters is 2. The lowest BCUT2D eigenvalue weighted by Gasteiger charge is -2.09. The molecule has 1 amide bonds. The van der Waals surface area contributed by atoms with Crippen LogP contribution in [0.2, 0.25) is 0 Å². The molecule has 0 bridgehead atoms. The summed E-state index contributed by atoms with van der Waals surface area (Å²) in [6.07, 6.45) is -0.113. The van der Waals surface area contributed by atoms with Gasteiger partial charge in [0.15, 0.2) is 0 Å². The summed E-state index contributed by atoms with van der Waals surface area (Å²) < 4.78 is 14.3. The van der Waals surface area contributed by atoms with Crippen molar-refractivity contribution in [3.63, 3.8) is 0 Å². The van der Waals surface area contributed by atoms with Crippen LogP contribution in [0.15, 0.2) is 45.6 Å². The van der Waals surface area contributed by atoms with Crippen molar-refractivity contribution in [2.24, 2.45) is 0 Å². The number of carbonyl (C=O) groups is 3. The first-order valence-corrected chi connectivity index (χ1v) is 7.64. The van der Waals surface area contributed by atoms with Gasteiger partial charge in [0.2, 0.25) is 0 Å². The highest BCUT2D eigenvalue weighted by atomic mass is 16.5. The van der Waals surface area contributed by atoms with Crippen LogP contribution in [0, 0.1) is 0 Å². The van der Waals surface area contributed by atoms with Gasteiger partial charge in [0.1, 0.15) is 17.0 Å². The lowest BCUT2D eigenvalue weighted by atomic mass is 10.1. The summed E-state index contributed by atoms with van der Waals surface area (Å²) in [4.78, 5) is 47.6. The fraction of sp³-hybridized carbons (Fsp3) is 0.222. The Kier molecular flexibility index (Phi) is 6.26. The van der Waals surface area contributed by atoms with Crippen LogP contribution >= 0.6 is 0 Å². The molecule has 0 fully saturated rings. The molecule has 2 rings (SSSR count). The predicted octanol–water partition coefficient (Wildman–Crippen LogP) is 1.78. The van der Waals surface area contributed by atoms with Crippen LogP contribution in [0.25, 0.3) is 0 Å². The van der Waals surface area contributed by atoms with Crippen LogP contribution in [0.5, 0.6) is 0 Å². The summed E-state index contributed by atoms with van der Waals surface area (Å²) in [6.45, 7) is 0. The van der Waals surface area contributed by atoms with E-state index >= 15 is 0 Å². The van der Waals surface area contributed by atoms with Gasteiger partial charge in [0, 0.05) is 12.0 Å². The molecule has 2 aromatic rings. The minimum absolute atomic E-state index is 0.0232. The molecule has 0 radical (unpaired) electrons. The number of anilines is 1.